The second kappa shape index (κ2) is 7.00. The fraction of sp³-hybridized carbons (Fsp3) is 0.350. The number of para-hydroxylation sites is 1. The van der Waals surface area contributed by atoms with Crippen LogP contribution < -0.4 is 4.90 Å². The molecule has 0 aromatic heterocycles. The molecule has 0 bridgehead atoms. The molecule has 1 aromatic rings. The highest BCUT2D eigenvalue weighted by atomic mass is 32.2. The summed E-state index contributed by atoms with van der Waals surface area (Å²) in [6, 6.07) is 7.78. The third-order valence-corrected chi connectivity index (χ3v) is 6.60. The van der Waals surface area contributed by atoms with Crippen molar-refractivity contribution in [2.24, 2.45) is 0 Å². The van der Waals surface area contributed by atoms with Gasteiger partial charge in [0.05, 0.1) is 16.2 Å². The van der Waals surface area contributed by atoms with Crippen LogP contribution in [-0.2, 0) is 9.59 Å². The SMILES string of the molecule is C=CCN1C(=O)/C(=C2/SC(=S)N(C3CCCCC3)C2=O)c2ccccc21. The molecule has 0 unspecified atom stereocenters. The molecule has 26 heavy (non-hydrogen) atoms. The highest BCUT2D eigenvalue weighted by Gasteiger charge is 2.43. The first-order chi connectivity index (χ1) is 12.6. The summed E-state index contributed by atoms with van der Waals surface area (Å²) in [6.45, 7) is 4.16. The van der Waals surface area contributed by atoms with Crippen molar-refractivity contribution in [1.29, 1.82) is 0 Å². The summed E-state index contributed by atoms with van der Waals surface area (Å²) in [5.74, 6) is -0.249. The maximum absolute atomic E-state index is 13.2. The number of anilines is 1. The molecule has 134 valence electrons. The van der Waals surface area contributed by atoms with E-state index in [1.807, 2.05) is 24.3 Å². The van der Waals surface area contributed by atoms with Gasteiger partial charge in [-0.05, 0) is 18.9 Å². The minimum Gasteiger partial charge on any atom is -0.304 e. The van der Waals surface area contributed by atoms with E-state index in [9.17, 15) is 9.59 Å². The molecule has 1 saturated carbocycles. The van der Waals surface area contributed by atoms with Crippen molar-refractivity contribution in [3.05, 3.63) is 47.4 Å². The Hall–Kier alpha value is -1.92. The lowest BCUT2D eigenvalue weighted by Gasteiger charge is -2.29. The quantitative estimate of drug-likeness (QED) is 0.446. The Kier molecular flexibility index (Phi) is 4.71. The Balaban J connectivity index is 1.77. The van der Waals surface area contributed by atoms with Crippen molar-refractivity contribution < 1.29 is 9.59 Å². The Morgan fingerprint density at radius 2 is 1.88 bits per heavy atom. The van der Waals surface area contributed by atoms with E-state index in [1.165, 1.54) is 18.2 Å². The van der Waals surface area contributed by atoms with Gasteiger partial charge >= 0.3 is 0 Å². The van der Waals surface area contributed by atoms with Gasteiger partial charge in [-0.2, -0.15) is 0 Å². The molecule has 3 aliphatic rings. The van der Waals surface area contributed by atoms with Crippen LogP contribution in [0.5, 0.6) is 0 Å². The average molecular weight is 385 g/mol. The summed E-state index contributed by atoms with van der Waals surface area (Å²) in [5, 5.41) is 0. The first kappa shape index (κ1) is 17.5. The number of thioether (sulfide) groups is 1. The highest BCUT2D eigenvalue weighted by molar-refractivity contribution is 8.26. The minimum absolute atomic E-state index is 0.106. The van der Waals surface area contributed by atoms with Crippen molar-refractivity contribution in [3.8, 4) is 0 Å². The van der Waals surface area contributed by atoms with Gasteiger partial charge in [-0.25, -0.2) is 0 Å². The topological polar surface area (TPSA) is 40.6 Å². The van der Waals surface area contributed by atoms with Crippen molar-refractivity contribution in [1.82, 2.24) is 4.90 Å². The molecular formula is C20H20N2O2S2. The first-order valence-electron chi connectivity index (χ1n) is 8.95. The van der Waals surface area contributed by atoms with Gasteiger partial charge in [-0.3, -0.25) is 14.5 Å². The van der Waals surface area contributed by atoms with Gasteiger partial charge in [-0.1, -0.05) is 67.5 Å². The molecule has 1 aromatic carbocycles. The fourth-order valence-electron chi connectivity index (χ4n) is 3.99. The van der Waals surface area contributed by atoms with E-state index in [0.717, 1.165) is 36.9 Å². The van der Waals surface area contributed by atoms with Crippen molar-refractivity contribution in [3.63, 3.8) is 0 Å². The van der Waals surface area contributed by atoms with Crippen molar-refractivity contribution in [2.45, 2.75) is 38.1 Å². The third-order valence-electron chi connectivity index (χ3n) is 5.20. The monoisotopic (exact) mass is 384 g/mol. The molecule has 0 N–H and O–H groups in total. The molecule has 4 rings (SSSR count). The van der Waals surface area contributed by atoms with E-state index in [0.29, 0.717) is 21.3 Å². The summed E-state index contributed by atoms with van der Waals surface area (Å²) < 4.78 is 0.580. The molecule has 4 nitrogen and oxygen atoms in total. The molecule has 2 fully saturated rings. The summed E-state index contributed by atoms with van der Waals surface area (Å²) in [5.41, 5.74) is 2.12. The maximum Gasteiger partial charge on any atom is 0.267 e. The van der Waals surface area contributed by atoms with E-state index < -0.39 is 0 Å². The zero-order valence-electron chi connectivity index (χ0n) is 14.4. The number of amides is 2. The molecule has 1 aliphatic carbocycles. The number of fused-ring (bicyclic) bond motifs is 1. The van der Waals surface area contributed by atoms with Crippen molar-refractivity contribution in [2.75, 3.05) is 11.4 Å². The zero-order chi connectivity index (χ0) is 18.3. The van der Waals surface area contributed by atoms with Gasteiger partial charge in [0.2, 0.25) is 0 Å². The lowest BCUT2D eigenvalue weighted by atomic mass is 9.94. The van der Waals surface area contributed by atoms with E-state index in [1.54, 1.807) is 15.9 Å². The van der Waals surface area contributed by atoms with Gasteiger partial charge < -0.3 is 4.90 Å². The smallest absolute Gasteiger partial charge is 0.267 e. The van der Waals surface area contributed by atoms with Crippen LogP contribution in [0.3, 0.4) is 0 Å². The molecule has 2 aliphatic heterocycles. The van der Waals surface area contributed by atoms with E-state index >= 15 is 0 Å². The van der Waals surface area contributed by atoms with Crippen LogP contribution in [-0.4, -0.2) is 33.6 Å². The Morgan fingerprint density at radius 1 is 1.15 bits per heavy atom. The molecular weight excluding hydrogens is 364 g/mol. The number of nitrogens with zero attached hydrogens (tertiary/aromatic N) is 2. The molecule has 2 amide bonds. The van der Waals surface area contributed by atoms with E-state index in [2.05, 4.69) is 6.58 Å². The van der Waals surface area contributed by atoms with Crippen LogP contribution in [0.15, 0.2) is 41.8 Å². The standard InChI is InChI=1S/C20H20N2O2S2/c1-2-12-21-15-11-7-6-10-14(15)16(18(21)23)17-19(24)22(20(25)26-17)13-8-4-3-5-9-13/h2,6-7,10-11,13H,1,3-5,8-9,12H2/b17-16+. The predicted molar refractivity (Wildman–Crippen MR) is 110 cm³/mol. The second-order valence-corrected chi connectivity index (χ2v) is 8.40. The molecule has 1 saturated heterocycles. The number of hydrogen-bond acceptors (Lipinski definition) is 4. The average Bonchev–Trinajstić information content (AvgIpc) is 3.10. The molecule has 0 radical (unpaired) electrons. The summed E-state index contributed by atoms with van der Waals surface area (Å²) in [4.78, 5) is 30.2. The zero-order valence-corrected chi connectivity index (χ0v) is 16.1. The second-order valence-electron chi connectivity index (χ2n) is 6.76. The van der Waals surface area contributed by atoms with Gasteiger partial charge in [-0.15, -0.1) is 6.58 Å². The fourth-order valence-corrected chi connectivity index (χ4v) is 5.47. The van der Waals surface area contributed by atoms with Gasteiger partial charge in [0.25, 0.3) is 11.8 Å². The number of hydrogen-bond donors (Lipinski definition) is 0. The van der Waals surface area contributed by atoms with Crippen LogP contribution in [0.2, 0.25) is 0 Å². The number of rotatable bonds is 3. The largest absolute Gasteiger partial charge is 0.304 e. The van der Waals surface area contributed by atoms with Gasteiger partial charge in [0, 0.05) is 18.2 Å². The summed E-state index contributed by atoms with van der Waals surface area (Å²) in [6.07, 6.45) is 7.15. The number of carbonyl (C=O) groups is 2. The number of thiocarbonyl (C=S) groups is 1. The third kappa shape index (κ3) is 2.72. The van der Waals surface area contributed by atoms with Gasteiger partial charge in [0.15, 0.2) is 0 Å². The van der Waals surface area contributed by atoms with Crippen LogP contribution in [0.4, 0.5) is 5.69 Å². The molecule has 0 atom stereocenters. The van der Waals surface area contributed by atoms with E-state index in [-0.39, 0.29) is 17.9 Å². The Labute approximate surface area is 162 Å². The lowest BCUT2D eigenvalue weighted by Crippen LogP contribution is -2.40. The normalized spacial score (nSPS) is 23.8. The Morgan fingerprint density at radius 3 is 2.62 bits per heavy atom. The maximum atomic E-state index is 13.2. The van der Waals surface area contributed by atoms with E-state index in [4.69, 9.17) is 12.2 Å². The summed E-state index contributed by atoms with van der Waals surface area (Å²) in [7, 11) is 0. The van der Waals surface area contributed by atoms with Crippen LogP contribution in [0.25, 0.3) is 5.57 Å². The summed E-state index contributed by atoms with van der Waals surface area (Å²) >= 11 is 6.80. The number of carbonyl (C=O) groups excluding carboxylic acids is 2. The molecule has 0 spiro atoms. The van der Waals surface area contributed by atoms with Crippen LogP contribution in [0, 0.1) is 0 Å². The van der Waals surface area contributed by atoms with Gasteiger partial charge in [0.1, 0.15) is 4.32 Å². The number of benzene rings is 1. The highest BCUT2D eigenvalue weighted by Crippen LogP contribution is 2.45. The van der Waals surface area contributed by atoms with Crippen LogP contribution in [0.1, 0.15) is 37.7 Å². The first-order valence-corrected chi connectivity index (χ1v) is 10.2. The molecule has 2 heterocycles. The lowest BCUT2D eigenvalue weighted by molar-refractivity contribution is -0.124. The molecule has 6 heteroatoms. The predicted octanol–water partition coefficient (Wildman–Crippen LogP) is 4.12. The Bertz CT molecular complexity index is 840. The van der Waals surface area contributed by atoms with Crippen LogP contribution >= 0.6 is 24.0 Å². The minimum atomic E-state index is -0.143. The van der Waals surface area contributed by atoms with Crippen molar-refractivity contribution >= 4 is 51.4 Å².